The lowest BCUT2D eigenvalue weighted by atomic mass is 9.81. The van der Waals surface area contributed by atoms with E-state index < -0.39 is 5.54 Å². The Bertz CT molecular complexity index is 925. The molecule has 1 aliphatic rings. The molecule has 2 aromatic carbocycles. The summed E-state index contributed by atoms with van der Waals surface area (Å²) in [6.45, 7) is 6.11. The van der Waals surface area contributed by atoms with E-state index in [-0.39, 0.29) is 23.8 Å². The zero-order chi connectivity index (χ0) is 20.5. The van der Waals surface area contributed by atoms with E-state index >= 15 is 0 Å². The number of aliphatic imine (C=N–C) groups is 1. The molecule has 6 nitrogen and oxygen atoms in total. The van der Waals surface area contributed by atoms with Crippen molar-refractivity contribution in [2.75, 3.05) is 13.6 Å². The fraction of sp³-hybridized carbons (Fsp3) is 0.318. The highest BCUT2D eigenvalue weighted by Crippen LogP contribution is 2.40. The summed E-state index contributed by atoms with van der Waals surface area (Å²) >= 11 is 0. The zero-order valence-electron chi connectivity index (χ0n) is 16.7. The lowest BCUT2D eigenvalue weighted by Crippen LogP contribution is -2.41. The van der Waals surface area contributed by atoms with Crippen LogP contribution >= 0.6 is 0 Å². The molecule has 0 aliphatic carbocycles. The minimum atomic E-state index is -1.22. The van der Waals surface area contributed by atoms with Crippen molar-refractivity contribution in [2.24, 2.45) is 10.7 Å². The van der Waals surface area contributed by atoms with Crippen molar-refractivity contribution in [1.82, 2.24) is 9.80 Å². The van der Waals surface area contributed by atoms with Gasteiger partial charge in [-0.2, -0.15) is 0 Å². The van der Waals surface area contributed by atoms with Gasteiger partial charge in [0.2, 0.25) is 5.91 Å². The van der Waals surface area contributed by atoms with E-state index in [9.17, 15) is 9.59 Å². The molecule has 0 saturated heterocycles. The average molecular weight is 378 g/mol. The van der Waals surface area contributed by atoms with Crippen molar-refractivity contribution in [3.05, 3.63) is 71.3 Å². The van der Waals surface area contributed by atoms with Crippen LogP contribution in [0.15, 0.2) is 59.6 Å². The van der Waals surface area contributed by atoms with Crippen LogP contribution in [0.2, 0.25) is 0 Å². The molecule has 0 aromatic heterocycles. The van der Waals surface area contributed by atoms with E-state index in [0.717, 1.165) is 16.7 Å². The number of benzene rings is 2. The number of carbonyl (C=O) groups excluding carboxylic acids is 2. The first-order valence-electron chi connectivity index (χ1n) is 9.39. The van der Waals surface area contributed by atoms with Crippen LogP contribution in [0.3, 0.4) is 0 Å². The van der Waals surface area contributed by atoms with Gasteiger partial charge in [-0.05, 0) is 30.5 Å². The molecule has 2 N–H and O–H groups in total. The number of nitrogens with zero attached hydrogens (tertiary/aromatic N) is 3. The Morgan fingerprint density at radius 3 is 2.36 bits per heavy atom. The van der Waals surface area contributed by atoms with Crippen LogP contribution in [0, 0.1) is 0 Å². The molecule has 0 spiro atoms. The molecule has 2 atom stereocenters. The van der Waals surface area contributed by atoms with E-state index in [1.807, 2.05) is 68.4 Å². The molecule has 2 aromatic rings. The maximum absolute atomic E-state index is 13.3. The minimum absolute atomic E-state index is 0.0112. The normalized spacial score (nSPS) is 20.1. The molecule has 3 rings (SSSR count). The van der Waals surface area contributed by atoms with Gasteiger partial charge in [0.05, 0.1) is 6.04 Å². The van der Waals surface area contributed by atoms with Gasteiger partial charge in [-0.25, -0.2) is 4.99 Å². The van der Waals surface area contributed by atoms with Crippen LogP contribution < -0.4 is 5.73 Å². The van der Waals surface area contributed by atoms with Gasteiger partial charge in [-0.1, -0.05) is 54.6 Å². The number of likely N-dealkylation sites (N-methyl/N-ethyl adjacent to an activating group) is 1. The molecular weight excluding hydrogens is 352 g/mol. The van der Waals surface area contributed by atoms with Crippen LogP contribution in [0.25, 0.3) is 0 Å². The summed E-state index contributed by atoms with van der Waals surface area (Å²) in [6, 6.07) is 17.0. The quantitative estimate of drug-likeness (QED) is 0.869. The van der Waals surface area contributed by atoms with Crippen LogP contribution in [-0.4, -0.2) is 41.2 Å². The topological polar surface area (TPSA) is 79.0 Å². The zero-order valence-corrected chi connectivity index (χ0v) is 16.7. The number of rotatable bonds is 5. The predicted molar refractivity (Wildman–Crippen MR) is 110 cm³/mol. The second-order valence-corrected chi connectivity index (χ2v) is 7.02. The van der Waals surface area contributed by atoms with Gasteiger partial charge in [0, 0.05) is 20.5 Å². The van der Waals surface area contributed by atoms with E-state index in [4.69, 9.17) is 5.73 Å². The number of guanidine groups is 1. The third-order valence-electron chi connectivity index (χ3n) is 5.43. The maximum Gasteiger partial charge on any atom is 0.266 e. The number of hydrogen-bond acceptors (Lipinski definition) is 4. The van der Waals surface area contributed by atoms with Crippen molar-refractivity contribution in [3.8, 4) is 0 Å². The lowest BCUT2D eigenvalue weighted by molar-refractivity contribution is -0.131. The van der Waals surface area contributed by atoms with E-state index in [1.165, 1.54) is 4.90 Å². The first kappa shape index (κ1) is 19.6. The van der Waals surface area contributed by atoms with Crippen molar-refractivity contribution >= 4 is 17.8 Å². The Labute approximate surface area is 165 Å². The summed E-state index contributed by atoms with van der Waals surface area (Å²) in [5.74, 6) is 0.00302. The third kappa shape index (κ3) is 3.05. The Hall–Kier alpha value is -3.15. The first-order chi connectivity index (χ1) is 13.3. The molecule has 2 unspecified atom stereocenters. The molecule has 146 valence electrons. The standard InChI is InChI=1S/C22H26N4O2/c1-5-26(16(3)27)15(2)17-10-9-13-19(14-17)22(18-11-7-6-8-12-18)20(28)25(4)21(23)24-22/h6-15H,5H2,1-4H3,(H2,23,24). The molecular formula is C22H26N4O2. The molecule has 28 heavy (non-hydrogen) atoms. The number of hydrogen-bond donors (Lipinski definition) is 1. The largest absolute Gasteiger partial charge is 0.369 e. The Morgan fingerprint density at radius 2 is 1.82 bits per heavy atom. The molecule has 0 saturated carbocycles. The van der Waals surface area contributed by atoms with Gasteiger partial charge in [-0.15, -0.1) is 0 Å². The Morgan fingerprint density at radius 1 is 1.18 bits per heavy atom. The Kier molecular flexibility index (Phi) is 5.23. The number of nitrogens with two attached hydrogens (primary N) is 1. The van der Waals surface area contributed by atoms with Crippen LogP contribution in [0.4, 0.5) is 0 Å². The summed E-state index contributed by atoms with van der Waals surface area (Å²) in [4.78, 5) is 33.1. The molecule has 0 radical (unpaired) electrons. The molecule has 1 heterocycles. The second kappa shape index (κ2) is 7.46. The number of carbonyl (C=O) groups is 2. The van der Waals surface area contributed by atoms with Gasteiger partial charge < -0.3 is 10.6 Å². The van der Waals surface area contributed by atoms with Crippen LogP contribution in [0.1, 0.15) is 43.5 Å². The predicted octanol–water partition coefficient (Wildman–Crippen LogP) is 2.65. The summed E-state index contributed by atoms with van der Waals surface area (Å²) in [6.07, 6.45) is 0. The fourth-order valence-corrected chi connectivity index (χ4v) is 3.84. The second-order valence-electron chi connectivity index (χ2n) is 7.02. The monoisotopic (exact) mass is 378 g/mol. The summed E-state index contributed by atoms with van der Waals surface area (Å²) in [5, 5.41) is 0. The summed E-state index contributed by atoms with van der Waals surface area (Å²) < 4.78 is 0. The van der Waals surface area contributed by atoms with Crippen molar-refractivity contribution in [2.45, 2.75) is 32.4 Å². The SMILES string of the molecule is CCN(C(C)=O)C(C)c1cccc(C2(c3ccccc3)N=C(N)N(C)C2=O)c1. The molecule has 0 bridgehead atoms. The third-order valence-corrected chi connectivity index (χ3v) is 5.43. The van der Waals surface area contributed by atoms with Gasteiger partial charge in [0.15, 0.2) is 11.5 Å². The van der Waals surface area contributed by atoms with Gasteiger partial charge in [0.25, 0.3) is 5.91 Å². The molecule has 6 heteroatoms. The van der Waals surface area contributed by atoms with Crippen molar-refractivity contribution in [1.29, 1.82) is 0 Å². The van der Waals surface area contributed by atoms with Gasteiger partial charge >= 0.3 is 0 Å². The first-order valence-corrected chi connectivity index (χ1v) is 9.39. The van der Waals surface area contributed by atoms with Crippen LogP contribution in [0.5, 0.6) is 0 Å². The van der Waals surface area contributed by atoms with E-state index in [0.29, 0.717) is 6.54 Å². The van der Waals surface area contributed by atoms with Gasteiger partial charge in [-0.3, -0.25) is 14.5 Å². The minimum Gasteiger partial charge on any atom is -0.369 e. The lowest BCUT2D eigenvalue weighted by Gasteiger charge is -2.30. The highest BCUT2D eigenvalue weighted by Gasteiger charge is 2.49. The average Bonchev–Trinajstić information content (AvgIpc) is 2.94. The fourth-order valence-electron chi connectivity index (χ4n) is 3.84. The summed E-state index contributed by atoms with van der Waals surface area (Å²) in [5.41, 5.74) is 7.25. The molecule has 0 fully saturated rings. The van der Waals surface area contributed by atoms with E-state index in [1.54, 1.807) is 18.9 Å². The summed E-state index contributed by atoms with van der Waals surface area (Å²) in [7, 11) is 1.63. The smallest absolute Gasteiger partial charge is 0.266 e. The van der Waals surface area contributed by atoms with Crippen molar-refractivity contribution < 1.29 is 9.59 Å². The van der Waals surface area contributed by atoms with Gasteiger partial charge in [0.1, 0.15) is 0 Å². The van der Waals surface area contributed by atoms with E-state index in [2.05, 4.69) is 4.99 Å². The molecule has 2 amide bonds. The number of amides is 2. The van der Waals surface area contributed by atoms with Crippen molar-refractivity contribution in [3.63, 3.8) is 0 Å². The Balaban J connectivity index is 2.16. The maximum atomic E-state index is 13.3. The highest BCUT2D eigenvalue weighted by molar-refractivity contribution is 6.08. The highest BCUT2D eigenvalue weighted by atomic mass is 16.2. The van der Waals surface area contributed by atoms with Crippen LogP contribution in [-0.2, 0) is 15.1 Å². The molecule has 1 aliphatic heterocycles.